The summed E-state index contributed by atoms with van der Waals surface area (Å²) in [6.07, 6.45) is 5.26. The van der Waals surface area contributed by atoms with Crippen molar-refractivity contribution in [3.63, 3.8) is 0 Å². The van der Waals surface area contributed by atoms with Crippen LogP contribution >= 0.6 is 0 Å². The topological polar surface area (TPSA) is 72.2 Å². The first-order chi connectivity index (χ1) is 11.2. The first kappa shape index (κ1) is 15.4. The van der Waals surface area contributed by atoms with Crippen LogP contribution in [0.5, 0.6) is 0 Å². The van der Waals surface area contributed by atoms with Gasteiger partial charge in [0.25, 0.3) is 0 Å². The highest BCUT2D eigenvalue weighted by molar-refractivity contribution is 5.80. The Kier molecular flexibility index (Phi) is 4.80. The molecule has 6 heteroatoms. The Morgan fingerprint density at radius 3 is 1.70 bits per heavy atom. The highest BCUT2D eigenvalue weighted by Gasteiger charge is 2.22. The number of hydrogen-bond acceptors (Lipinski definition) is 2. The molecule has 0 saturated carbocycles. The van der Waals surface area contributed by atoms with Gasteiger partial charge >= 0.3 is 0 Å². The molecular weight excluding hydrogens is 292 g/mol. The van der Waals surface area contributed by atoms with E-state index in [1.165, 1.54) is 0 Å². The Labute approximate surface area is 135 Å². The lowest BCUT2D eigenvalue weighted by Crippen LogP contribution is -2.38. The Morgan fingerprint density at radius 1 is 0.826 bits per heavy atom. The molecule has 2 aromatic heterocycles. The summed E-state index contributed by atoms with van der Waals surface area (Å²) in [6, 6.07) is 7.63. The average Bonchev–Trinajstić information content (AvgIpc) is 3.17. The van der Waals surface area contributed by atoms with Gasteiger partial charge in [-0.25, -0.2) is 0 Å². The molecule has 3 rings (SSSR count). The summed E-state index contributed by atoms with van der Waals surface area (Å²) in [5.74, 6) is 0.234. The standard InChI is InChI=1S/C17H22N4O2/c22-16(12-14-4-1-6-18-14)20-8-3-9-21(11-10-20)17(23)13-15-5-2-7-19-15/h1-2,4-7,18-19H,3,8-13H2. The molecule has 0 aliphatic carbocycles. The summed E-state index contributed by atoms with van der Waals surface area (Å²) >= 11 is 0. The van der Waals surface area contributed by atoms with Crippen molar-refractivity contribution in [3.05, 3.63) is 48.0 Å². The Morgan fingerprint density at radius 2 is 1.30 bits per heavy atom. The van der Waals surface area contributed by atoms with Crippen LogP contribution < -0.4 is 0 Å². The summed E-state index contributed by atoms with van der Waals surface area (Å²) in [5.41, 5.74) is 1.86. The minimum absolute atomic E-state index is 0.117. The van der Waals surface area contributed by atoms with Crippen molar-refractivity contribution in [2.75, 3.05) is 26.2 Å². The molecule has 0 bridgehead atoms. The van der Waals surface area contributed by atoms with Crippen molar-refractivity contribution in [1.82, 2.24) is 19.8 Å². The lowest BCUT2D eigenvalue weighted by Gasteiger charge is -2.22. The maximum atomic E-state index is 12.3. The van der Waals surface area contributed by atoms with Crippen LogP contribution in [0.2, 0.25) is 0 Å². The number of carbonyl (C=O) groups excluding carboxylic acids is 2. The van der Waals surface area contributed by atoms with Crippen molar-refractivity contribution < 1.29 is 9.59 Å². The van der Waals surface area contributed by atoms with Crippen LogP contribution in [0.15, 0.2) is 36.7 Å². The Bertz CT molecular complexity index is 577. The van der Waals surface area contributed by atoms with Crippen LogP contribution in [0.3, 0.4) is 0 Å². The van der Waals surface area contributed by atoms with Crippen molar-refractivity contribution >= 4 is 11.8 Å². The molecular formula is C17H22N4O2. The van der Waals surface area contributed by atoms with E-state index >= 15 is 0 Å². The number of H-pyrrole nitrogens is 2. The summed E-state index contributed by atoms with van der Waals surface area (Å²) in [5, 5.41) is 0. The van der Waals surface area contributed by atoms with Gasteiger partial charge in [-0.05, 0) is 30.7 Å². The van der Waals surface area contributed by atoms with Crippen LogP contribution in [0.1, 0.15) is 17.8 Å². The van der Waals surface area contributed by atoms with Gasteiger partial charge in [-0.1, -0.05) is 0 Å². The fraction of sp³-hybridized carbons (Fsp3) is 0.412. The van der Waals surface area contributed by atoms with Crippen LogP contribution in [0.25, 0.3) is 0 Å². The van der Waals surface area contributed by atoms with E-state index < -0.39 is 0 Å². The van der Waals surface area contributed by atoms with Crippen LogP contribution in [0.4, 0.5) is 0 Å². The number of nitrogens with zero attached hydrogens (tertiary/aromatic N) is 2. The smallest absolute Gasteiger partial charge is 0.228 e. The van der Waals surface area contributed by atoms with E-state index in [4.69, 9.17) is 0 Å². The maximum absolute atomic E-state index is 12.3. The minimum atomic E-state index is 0.117. The third-order valence-electron chi connectivity index (χ3n) is 4.21. The number of amides is 2. The predicted molar refractivity (Wildman–Crippen MR) is 86.8 cm³/mol. The molecule has 0 spiro atoms. The fourth-order valence-electron chi connectivity index (χ4n) is 2.92. The van der Waals surface area contributed by atoms with Crippen LogP contribution in [-0.2, 0) is 22.4 Å². The van der Waals surface area contributed by atoms with E-state index in [2.05, 4.69) is 9.97 Å². The predicted octanol–water partition coefficient (Wildman–Crippen LogP) is 1.19. The van der Waals surface area contributed by atoms with E-state index in [0.29, 0.717) is 39.0 Å². The second-order valence-electron chi connectivity index (χ2n) is 5.86. The van der Waals surface area contributed by atoms with Gasteiger partial charge in [0.05, 0.1) is 12.8 Å². The van der Waals surface area contributed by atoms with Crippen molar-refractivity contribution in [1.29, 1.82) is 0 Å². The molecule has 3 heterocycles. The molecule has 0 unspecified atom stereocenters. The van der Waals surface area contributed by atoms with Crippen LogP contribution in [-0.4, -0.2) is 57.8 Å². The number of hydrogen-bond donors (Lipinski definition) is 2. The van der Waals surface area contributed by atoms with Gasteiger partial charge in [0, 0.05) is 50.0 Å². The van der Waals surface area contributed by atoms with Crippen molar-refractivity contribution in [2.24, 2.45) is 0 Å². The molecule has 1 aliphatic rings. The molecule has 0 aromatic carbocycles. The minimum Gasteiger partial charge on any atom is -0.365 e. The maximum Gasteiger partial charge on any atom is 0.228 e. The largest absolute Gasteiger partial charge is 0.365 e. The second-order valence-corrected chi connectivity index (χ2v) is 5.86. The molecule has 1 fully saturated rings. The second kappa shape index (κ2) is 7.17. The highest BCUT2D eigenvalue weighted by atomic mass is 16.2. The van der Waals surface area contributed by atoms with E-state index in [1.54, 1.807) is 0 Å². The van der Waals surface area contributed by atoms with Gasteiger partial charge < -0.3 is 19.8 Å². The summed E-state index contributed by atoms with van der Waals surface area (Å²) in [7, 11) is 0. The Balaban J connectivity index is 1.52. The number of rotatable bonds is 4. The third-order valence-corrected chi connectivity index (χ3v) is 4.21. The molecule has 1 saturated heterocycles. The number of aromatic nitrogens is 2. The Hall–Kier alpha value is -2.50. The number of aromatic amines is 2. The van der Waals surface area contributed by atoms with E-state index in [0.717, 1.165) is 17.8 Å². The summed E-state index contributed by atoms with van der Waals surface area (Å²) in [4.78, 5) is 34.5. The quantitative estimate of drug-likeness (QED) is 0.890. The van der Waals surface area contributed by atoms with Gasteiger partial charge in [0.1, 0.15) is 0 Å². The first-order valence-corrected chi connectivity index (χ1v) is 8.02. The molecule has 2 N–H and O–H groups in total. The van der Waals surface area contributed by atoms with Gasteiger partial charge in [0.15, 0.2) is 0 Å². The average molecular weight is 314 g/mol. The zero-order valence-electron chi connectivity index (χ0n) is 13.1. The first-order valence-electron chi connectivity index (χ1n) is 8.02. The lowest BCUT2D eigenvalue weighted by molar-refractivity contribution is -0.132. The zero-order chi connectivity index (χ0) is 16.1. The fourth-order valence-corrected chi connectivity index (χ4v) is 2.92. The van der Waals surface area contributed by atoms with Gasteiger partial charge in [-0.3, -0.25) is 9.59 Å². The van der Waals surface area contributed by atoms with Crippen LogP contribution in [0, 0.1) is 0 Å². The molecule has 122 valence electrons. The molecule has 6 nitrogen and oxygen atoms in total. The monoisotopic (exact) mass is 314 g/mol. The molecule has 2 amide bonds. The molecule has 23 heavy (non-hydrogen) atoms. The normalized spacial score (nSPS) is 15.5. The molecule has 0 atom stereocenters. The molecule has 1 aliphatic heterocycles. The lowest BCUT2D eigenvalue weighted by atomic mass is 10.2. The van der Waals surface area contributed by atoms with Crippen molar-refractivity contribution in [2.45, 2.75) is 19.3 Å². The van der Waals surface area contributed by atoms with Gasteiger partial charge in [-0.2, -0.15) is 0 Å². The third kappa shape index (κ3) is 4.03. The number of carbonyl (C=O) groups is 2. The highest BCUT2D eigenvalue weighted by Crippen LogP contribution is 2.08. The van der Waals surface area contributed by atoms with E-state index in [1.807, 2.05) is 46.5 Å². The SMILES string of the molecule is O=C(Cc1ccc[nH]1)N1CCCN(C(=O)Cc2ccc[nH]2)CC1. The van der Waals surface area contributed by atoms with E-state index in [9.17, 15) is 9.59 Å². The van der Waals surface area contributed by atoms with Gasteiger partial charge in [-0.15, -0.1) is 0 Å². The van der Waals surface area contributed by atoms with E-state index in [-0.39, 0.29) is 11.8 Å². The zero-order valence-corrected chi connectivity index (χ0v) is 13.1. The summed E-state index contributed by atoms with van der Waals surface area (Å²) < 4.78 is 0. The number of nitrogens with one attached hydrogen (secondary N) is 2. The molecule has 0 radical (unpaired) electrons. The molecule has 2 aromatic rings. The van der Waals surface area contributed by atoms with Gasteiger partial charge in [0.2, 0.25) is 11.8 Å². The summed E-state index contributed by atoms with van der Waals surface area (Å²) in [6.45, 7) is 2.64. The van der Waals surface area contributed by atoms with Crippen molar-refractivity contribution in [3.8, 4) is 0 Å².